The lowest BCUT2D eigenvalue weighted by molar-refractivity contribution is -0.146. The maximum atomic E-state index is 11.3. The van der Waals surface area contributed by atoms with Crippen LogP contribution in [0.1, 0.15) is 6.92 Å². The predicted octanol–water partition coefficient (Wildman–Crippen LogP) is -0.106. The Morgan fingerprint density at radius 1 is 1.20 bits per heavy atom. The normalized spacial score (nSPS) is 29.1. The summed E-state index contributed by atoms with van der Waals surface area (Å²) >= 11 is 0. The second kappa shape index (κ2) is 5.44. The number of ether oxygens (including phenoxy) is 3. The standard InChI is InChI=1S/C10H19NO4/c1-7(10(12)15-4)11-5-8(13-2)9(6-11)14-3/h7-9H,5-6H2,1-4H3/t7-,8-,9-/m0/s1. The average molecular weight is 217 g/mol. The summed E-state index contributed by atoms with van der Waals surface area (Å²) in [5.41, 5.74) is 0. The van der Waals surface area contributed by atoms with Crippen molar-refractivity contribution in [2.45, 2.75) is 25.2 Å². The fourth-order valence-electron chi connectivity index (χ4n) is 1.86. The van der Waals surface area contributed by atoms with E-state index in [0.717, 1.165) is 0 Å². The number of carbonyl (C=O) groups excluding carboxylic acids is 1. The van der Waals surface area contributed by atoms with Gasteiger partial charge in [0.2, 0.25) is 0 Å². The van der Waals surface area contributed by atoms with Gasteiger partial charge in [-0.3, -0.25) is 9.69 Å². The summed E-state index contributed by atoms with van der Waals surface area (Å²) in [6.45, 7) is 3.23. The van der Waals surface area contributed by atoms with E-state index in [2.05, 4.69) is 0 Å². The van der Waals surface area contributed by atoms with E-state index in [9.17, 15) is 4.79 Å². The van der Waals surface area contributed by atoms with Crippen LogP contribution in [0.25, 0.3) is 0 Å². The molecule has 0 saturated carbocycles. The first-order chi connectivity index (χ1) is 7.13. The Kier molecular flexibility index (Phi) is 4.50. The molecule has 1 saturated heterocycles. The van der Waals surface area contributed by atoms with Gasteiger partial charge in [0, 0.05) is 27.3 Å². The zero-order chi connectivity index (χ0) is 11.4. The van der Waals surface area contributed by atoms with E-state index in [4.69, 9.17) is 14.2 Å². The van der Waals surface area contributed by atoms with E-state index in [-0.39, 0.29) is 24.2 Å². The quantitative estimate of drug-likeness (QED) is 0.615. The Labute approximate surface area is 90.3 Å². The van der Waals surface area contributed by atoms with Gasteiger partial charge in [0.1, 0.15) is 6.04 Å². The van der Waals surface area contributed by atoms with Crippen molar-refractivity contribution in [1.29, 1.82) is 0 Å². The third-order valence-corrected chi connectivity index (χ3v) is 2.94. The first kappa shape index (κ1) is 12.4. The smallest absolute Gasteiger partial charge is 0.322 e. The Bertz CT molecular complexity index is 209. The summed E-state index contributed by atoms with van der Waals surface area (Å²) in [5.74, 6) is -0.221. The van der Waals surface area contributed by atoms with Gasteiger partial charge in [-0.15, -0.1) is 0 Å². The van der Waals surface area contributed by atoms with Crippen LogP contribution in [0.5, 0.6) is 0 Å². The van der Waals surface area contributed by atoms with Gasteiger partial charge in [-0.05, 0) is 6.92 Å². The van der Waals surface area contributed by atoms with E-state index in [1.165, 1.54) is 7.11 Å². The highest BCUT2D eigenvalue weighted by atomic mass is 16.5. The molecule has 0 amide bonds. The summed E-state index contributed by atoms with van der Waals surface area (Å²) < 4.78 is 15.3. The van der Waals surface area contributed by atoms with Gasteiger partial charge < -0.3 is 14.2 Å². The second-order valence-corrected chi connectivity index (χ2v) is 3.70. The molecule has 0 bridgehead atoms. The minimum absolute atomic E-state index is 0.0297. The average Bonchev–Trinajstić information content (AvgIpc) is 2.69. The van der Waals surface area contributed by atoms with Gasteiger partial charge in [-0.2, -0.15) is 0 Å². The maximum absolute atomic E-state index is 11.3. The van der Waals surface area contributed by atoms with Crippen molar-refractivity contribution in [1.82, 2.24) is 4.90 Å². The number of carbonyl (C=O) groups is 1. The molecule has 0 unspecified atom stereocenters. The molecule has 0 N–H and O–H groups in total. The molecule has 0 aromatic rings. The third kappa shape index (κ3) is 2.68. The largest absolute Gasteiger partial charge is 0.468 e. The van der Waals surface area contributed by atoms with Crippen LogP contribution in [0, 0.1) is 0 Å². The maximum Gasteiger partial charge on any atom is 0.322 e. The number of esters is 1. The van der Waals surface area contributed by atoms with Crippen LogP contribution in [-0.2, 0) is 19.0 Å². The molecule has 0 radical (unpaired) electrons. The lowest BCUT2D eigenvalue weighted by atomic mass is 10.3. The Balaban J connectivity index is 2.56. The molecule has 0 spiro atoms. The van der Waals surface area contributed by atoms with Crippen LogP contribution in [0.15, 0.2) is 0 Å². The van der Waals surface area contributed by atoms with E-state index >= 15 is 0 Å². The summed E-state index contributed by atoms with van der Waals surface area (Å²) in [4.78, 5) is 13.4. The summed E-state index contributed by atoms with van der Waals surface area (Å²) in [7, 11) is 4.71. The lowest BCUT2D eigenvalue weighted by Gasteiger charge is -2.21. The zero-order valence-electron chi connectivity index (χ0n) is 9.73. The minimum atomic E-state index is -0.243. The molecular formula is C10H19NO4. The number of hydrogen-bond acceptors (Lipinski definition) is 5. The van der Waals surface area contributed by atoms with Gasteiger partial charge in [0.05, 0.1) is 19.3 Å². The minimum Gasteiger partial charge on any atom is -0.468 e. The van der Waals surface area contributed by atoms with Crippen molar-refractivity contribution in [3.63, 3.8) is 0 Å². The van der Waals surface area contributed by atoms with Gasteiger partial charge >= 0.3 is 5.97 Å². The van der Waals surface area contributed by atoms with Crippen LogP contribution in [-0.4, -0.2) is 63.5 Å². The zero-order valence-corrected chi connectivity index (χ0v) is 9.73. The van der Waals surface area contributed by atoms with E-state index in [0.29, 0.717) is 13.1 Å². The van der Waals surface area contributed by atoms with Gasteiger partial charge in [-0.25, -0.2) is 0 Å². The molecule has 3 atom stereocenters. The van der Waals surface area contributed by atoms with Crippen LogP contribution >= 0.6 is 0 Å². The molecule has 88 valence electrons. The highest BCUT2D eigenvalue weighted by Crippen LogP contribution is 2.18. The van der Waals surface area contributed by atoms with Crippen LogP contribution in [0.3, 0.4) is 0 Å². The monoisotopic (exact) mass is 217 g/mol. The molecule has 5 nitrogen and oxygen atoms in total. The van der Waals surface area contributed by atoms with E-state index < -0.39 is 0 Å². The topological polar surface area (TPSA) is 48.0 Å². The first-order valence-corrected chi connectivity index (χ1v) is 5.01. The molecular weight excluding hydrogens is 198 g/mol. The molecule has 1 aliphatic rings. The third-order valence-electron chi connectivity index (χ3n) is 2.94. The number of methoxy groups -OCH3 is 3. The molecule has 1 rings (SSSR count). The highest BCUT2D eigenvalue weighted by Gasteiger charge is 2.37. The van der Waals surface area contributed by atoms with Crippen LogP contribution in [0.2, 0.25) is 0 Å². The van der Waals surface area contributed by atoms with Gasteiger partial charge in [0.25, 0.3) is 0 Å². The second-order valence-electron chi connectivity index (χ2n) is 3.70. The Morgan fingerprint density at radius 2 is 1.67 bits per heavy atom. The number of rotatable bonds is 4. The molecule has 0 aromatic carbocycles. The molecule has 15 heavy (non-hydrogen) atoms. The lowest BCUT2D eigenvalue weighted by Crippen LogP contribution is -2.38. The fraction of sp³-hybridized carbons (Fsp3) is 0.900. The molecule has 0 aliphatic carbocycles. The first-order valence-electron chi connectivity index (χ1n) is 5.01. The van der Waals surface area contributed by atoms with Gasteiger partial charge in [-0.1, -0.05) is 0 Å². The molecule has 1 fully saturated rings. The molecule has 5 heteroatoms. The Hall–Kier alpha value is -0.650. The highest BCUT2D eigenvalue weighted by molar-refractivity contribution is 5.75. The van der Waals surface area contributed by atoms with Gasteiger partial charge in [0.15, 0.2) is 0 Å². The fourth-order valence-corrected chi connectivity index (χ4v) is 1.86. The molecule has 1 heterocycles. The van der Waals surface area contributed by atoms with E-state index in [1.807, 2.05) is 11.8 Å². The number of hydrogen-bond donors (Lipinski definition) is 0. The van der Waals surface area contributed by atoms with Crippen LogP contribution < -0.4 is 0 Å². The van der Waals surface area contributed by atoms with Crippen molar-refractivity contribution in [3.8, 4) is 0 Å². The molecule has 0 aromatic heterocycles. The van der Waals surface area contributed by atoms with Crippen molar-refractivity contribution in [2.75, 3.05) is 34.4 Å². The SMILES string of the molecule is COC(=O)[C@H](C)N1C[C@H](OC)[C@@H](OC)C1. The predicted molar refractivity (Wildman–Crippen MR) is 54.6 cm³/mol. The summed E-state index contributed by atoms with van der Waals surface area (Å²) in [6, 6.07) is -0.243. The van der Waals surface area contributed by atoms with Crippen molar-refractivity contribution < 1.29 is 19.0 Å². The van der Waals surface area contributed by atoms with E-state index in [1.54, 1.807) is 14.2 Å². The summed E-state index contributed by atoms with van der Waals surface area (Å²) in [6.07, 6.45) is 0.0595. The van der Waals surface area contributed by atoms with Crippen molar-refractivity contribution in [2.24, 2.45) is 0 Å². The number of nitrogens with zero attached hydrogens (tertiary/aromatic N) is 1. The molecule has 1 aliphatic heterocycles. The van der Waals surface area contributed by atoms with Crippen LogP contribution in [0.4, 0.5) is 0 Å². The summed E-state index contributed by atoms with van der Waals surface area (Å²) in [5, 5.41) is 0. The number of likely N-dealkylation sites (tertiary alicyclic amines) is 1. The van der Waals surface area contributed by atoms with Crippen molar-refractivity contribution >= 4 is 5.97 Å². The Morgan fingerprint density at radius 3 is 2.00 bits per heavy atom. The van der Waals surface area contributed by atoms with Crippen molar-refractivity contribution in [3.05, 3.63) is 0 Å².